The average molecular weight is 351 g/mol. The molecule has 1 N–H and O–H groups in total. The SMILES string of the molecule is CN(C)C(=O)C1CCN(CC(=O)NCCOc2ccc(F)cc2)CC1. The Balaban J connectivity index is 1.60. The highest BCUT2D eigenvalue weighted by Crippen LogP contribution is 2.18. The summed E-state index contributed by atoms with van der Waals surface area (Å²) in [6.07, 6.45) is 1.58. The van der Waals surface area contributed by atoms with Crippen LogP contribution in [0.3, 0.4) is 0 Å². The Kier molecular flexibility index (Phi) is 7.18. The lowest BCUT2D eigenvalue weighted by Crippen LogP contribution is -2.44. The van der Waals surface area contributed by atoms with Crippen molar-refractivity contribution in [1.82, 2.24) is 15.1 Å². The lowest BCUT2D eigenvalue weighted by atomic mass is 9.95. The Morgan fingerprint density at radius 2 is 1.88 bits per heavy atom. The summed E-state index contributed by atoms with van der Waals surface area (Å²) < 4.78 is 18.2. The van der Waals surface area contributed by atoms with Crippen LogP contribution in [0.4, 0.5) is 4.39 Å². The summed E-state index contributed by atoms with van der Waals surface area (Å²) in [7, 11) is 3.55. The number of piperidine rings is 1. The van der Waals surface area contributed by atoms with Crippen LogP contribution < -0.4 is 10.1 Å². The molecule has 1 heterocycles. The zero-order valence-corrected chi connectivity index (χ0v) is 14.8. The monoisotopic (exact) mass is 351 g/mol. The molecule has 1 aliphatic rings. The number of hydrogen-bond donors (Lipinski definition) is 1. The van der Waals surface area contributed by atoms with Crippen LogP contribution in [0.1, 0.15) is 12.8 Å². The lowest BCUT2D eigenvalue weighted by molar-refractivity contribution is -0.134. The Morgan fingerprint density at radius 3 is 2.48 bits per heavy atom. The van der Waals surface area contributed by atoms with E-state index in [4.69, 9.17) is 4.74 Å². The van der Waals surface area contributed by atoms with Gasteiger partial charge in [0, 0.05) is 20.0 Å². The molecule has 0 saturated carbocycles. The van der Waals surface area contributed by atoms with Gasteiger partial charge in [-0.15, -0.1) is 0 Å². The third kappa shape index (κ3) is 6.34. The molecule has 1 saturated heterocycles. The van der Waals surface area contributed by atoms with Gasteiger partial charge in [0.15, 0.2) is 0 Å². The molecule has 0 aromatic heterocycles. The normalized spacial score (nSPS) is 15.6. The number of amides is 2. The van der Waals surface area contributed by atoms with Crippen LogP contribution in [0.25, 0.3) is 0 Å². The molecular formula is C18H26FN3O3. The van der Waals surface area contributed by atoms with Crippen molar-refractivity contribution in [3.8, 4) is 5.75 Å². The fourth-order valence-corrected chi connectivity index (χ4v) is 2.85. The summed E-state index contributed by atoms with van der Waals surface area (Å²) >= 11 is 0. The van der Waals surface area contributed by atoms with Crippen molar-refractivity contribution in [3.05, 3.63) is 30.1 Å². The second-order valence-electron chi connectivity index (χ2n) is 6.44. The number of likely N-dealkylation sites (tertiary alicyclic amines) is 1. The molecule has 138 valence electrons. The largest absolute Gasteiger partial charge is 0.492 e. The van der Waals surface area contributed by atoms with E-state index in [1.165, 1.54) is 12.1 Å². The number of hydrogen-bond acceptors (Lipinski definition) is 4. The molecular weight excluding hydrogens is 325 g/mol. The van der Waals surface area contributed by atoms with Gasteiger partial charge in [0.25, 0.3) is 0 Å². The van der Waals surface area contributed by atoms with Gasteiger partial charge in [-0.25, -0.2) is 4.39 Å². The Bertz CT molecular complexity index is 569. The number of nitrogens with one attached hydrogen (secondary N) is 1. The van der Waals surface area contributed by atoms with Crippen molar-refractivity contribution >= 4 is 11.8 Å². The second kappa shape index (κ2) is 9.36. The highest BCUT2D eigenvalue weighted by Gasteiger charge is 2.26. The highest BCUT2D eigenvalue weighted by atomic mass is 19.1. The number of rotatable bonds is 7. The van der Waals surface area contributed by atoms with Gasteiger partial charge < -0.3 is 15.0 Å². The molecule has 7 heteroatoms. The molecule has 25 heavy (non-hydrogen) atoms. The Hall–Kier alpha value is -2.15. The highest BCUT2D eigenvalue weighted by molar-refractivity contribution is 5.79. The first-order valence-corrected chi connectivity index (χ1v) is 8.54. The molecule has 2 rings (SSSR count). The number of carbonyl (C=O) groups is 2. The quantitative estimate of drug-likeness (QED) is 0.748. The maximum Gasteiger partial charge on any atom is 0.234 e. The van der Waals surface area contributed by atoms with E-state index in [0.717, 1.165) is 25.9 Å². The molecule has 1 aromatic carbocycles. The van der Waals surface area contributed by atoms with E-state index in [1.807, 2.05) is 0 Å². The van der Waals surface area contributed by atoms with Crippen LogP contribution >= 0.6 is 0 Å². The minimum absolute atomic E-state index is 0.0555. The van der Waals surface area contributed by atoms with Crippen molar-refractivity contribution in [2.45, 2.75) is 12.8 Å². The minimum atomic E-state index is -0.309. The summed E-state index contributed by atoms with van der Waals surface area (Å²) in [6, 6.07) is 5.77. The van der Waals surface area contributed by atoms with Gasteiger partial charge >= 0.3 is 0 Å². The smallest absolute Gasteiger partial charge is 0.234 e. The van der Waals surface area contributed by atoms with Gasteiger partial charge in [0.1, 0.15) is 18.2 Å². The van der Waals surface area contributed by atoms with E-state index in [1.54, 1.807) is 31.1 Å². The van der Waals surface area contributed by atoms with Gasteiger partial charge in [-0.1, -0.05) is 0 Å². The molecule has 0 bridgehead atoms. The molecule has 1 aromatic rings. The van der Waals surface area contributed by atoms with Crippen LogP contribution in [0.15, 0.2) is 24.3 Å². The lowest BCUT2D eigenvalue weighted by Gasteiger charge is -2.31. The summed E-state index contributed by atoms with van der Waals surface area (Å²) in [6.45, 7) is 2.56. The number of benzene rings is 1. The van der Waals surface area contributed by atoms with Crippen LogP contribution in [0.2, 0.25) is 0 Å². The molecule has 0 atom stereocenters. The van der Waals surface area contributed by atoms with Crippen molar-refractivity contribution < 1.29 is 18.7 Å². The second-order valence-corrected chi connectivity index (χ2v) is 6.44. The van der Waals surface area contributed by atoms with Gasteiger partial charge in [-0.3, -0.25) is 14.5 Å². The Labute approximate surface area is 147 Å². The predicted octanol–water partition coefficient (Wildman–Crippen LogP) is 1.12. The summed E-state index contributed by atoms with van der Waals surface area (Å²) in [5.41, 5.74) is 0. The summed E-state index contributed by atoms with van der Waals surface area (Å²) in [5.74, 6) is 0.445. The van der Waals surface area contributed by atoms with E-state index < -0.39 is 0 Å². The first-order chi connectivity index (χ1) is 12.0. The van der Waals surface area contributed by atoms with E-state index in [-0.39, 0.29) is 23.5 Å². The van der Waals surface area contributed by atoms with E-state index in [0.29, 0.717) is 25.4 Å². The minimum Gasteiger partial charge on any atom is -0.492 e. The van der Waals surface area contributed by atoms with Crippen LogP contribution in [0, 0.1) is 11.7 Å². The standard InChI is InChI=1S/C18H26FN3O3/c1-21(2)18(24)14-7-10-22(11-8-14)13-17(23)20-9-12-25-16-5-3-15(19)4-6-16/h3-6,14H,7-13H2,1-2H3,(H,20,23). The summed E-state index contributed by atoms with van der Waals surface area (Å²) in [4.78, 5) is 27.6. The van der Waals surface area contributed by atoms with Gasteiger partial charge in [0.05, 0.1) is 13.1 Å². The maximum atomic E-state index is 12.8. The number of carbonyl (C=O) groups excluding carboxylic acids is 2. The molecule has 2 amide bonds. The van der Waals surface area contributed by atoms with Gasteiger partial charge in [-0.2, -0.15) is 0 Å². The van der Waals surface area contributed by atoms with E-state index in [2.05, 4.69) is 10.2 Å². The summed E-state index contributed by atoms with van der Waals surface area (Å²) in [5, 5.41) is 2.81. The Morgan fingerprint density at radius 1 is 1.24 bits per heavy atom. The number of ether oxygens (including phenoxy) is 1. The van der Waals surface area contributed by atoms with Crippen LogP contribution in [-0.2, 0) is 9.59 Å². The van der Waals surface area contributed by atoms with Crippen LogP contribution in [0.5, 0.6) is 5.75 Å². The van der Waals surface area contributed by atoms with E-state index >= 15 is 0 Å². The fourth-order valence-electron chi connectivity index (χ4n) is 2.85. The van der Waals surface area contributed by atoms with Gasteiger partial charge in [-0.05, 0) is 50.2 Å². The third-order valence-corrected chi connectivity index (χ3v) is 4.25. The van der Waals surface area contributed by atoms with Crippen molar-refractivity contribution in [2.24, 2.45) is 5.92 Å². The molecule has 0 aliphatic carbocycles. The number of nitrogens with zero attached hydrogens (tertiary/aromatic N) is 2. The molecule has 1 aliphatic heterocycles. The van der Waals surface area contributed by atoms with Crippen LogP contribution in [-0.4, -0.2) is 68.5 Å². The average Bonchev–Trinajstić information content (AvgIpc) is 2.60. The maximum absolute atomic E-state index is 12.8. The zero-order valence-electron chi connectivity index (χ0n) is 14.8. The zero-order chi connectivity index (χ0) is 18.2. The molecule has 6 nitrogen and oxygen atoms in total. The van der Waals surface area contributed by atoms with Crippen molar-refractivity contribution in [1.29, 1.82) is 0 Å². The van der Waals surface area contributed by atoms with Gasteiger partial charge in [0.2, 0.25) is 11.8 Å². The van der Waals surface area contributed by atoms with E-state index in [9.17, 15) is 14.0 Å². The molecule has 0 radical (unpaired) electrons. The number of halogens is 1. The van der Waals surface area contributed by atoms with Crippen molar-refractivity contribution in [2.75, 3.05) is 46.9 Å². The molecule has 0 unspecified atom stereocenters. The molecule has 1 fully saturated rings. The topological polar surface area (TPSA) is 61.9 Å². The fraction of sp³-hybridized carbons (Fsp3) is 0.556. The first kappa shape index (κ1) is 19.2. The molecule has 0 spiro atoms. The van der Waals surface area contributed by atoms with Crippen molar-refractivity contribution in [3.63, 3.8) is 0 Å². The predicted molar refractivity (Wildman–Crippen MR) is 92.8 cm³/mol. The third-order valence-electron chi connectivity index (χ3n) is 4.25. The first-order valence-electron chi connectivity index (χ1n) is 8.54.